The number of carbonyl (C=O) groups is 1. The van der Waals surface area contributed by atoms with Gasteiger partial charge in [0.1, 0.15) is 17.5 Å². The minimum Gasteiger partial charge on any atom is -0.442 e. The third kappa shape index (κ3) is 3.53. The van der Waals surface area contributed by atoms with E-state index in [1.54, 1.807) is 14.0 Å². The van der Waals surface area contributed by atoms with Crippen LogP contribution in [0.25, 0.3) is 11.1 Å². The van der Waals surface area contributed by atoms with E-state index in [4.69, 9.17) is 4.42 Å². The van der Waals surface area contributed by atoms with Crippen LogP contribution in [0.2, 0.25) is 0 Å². The number of rotatable bonds is 5. The lowest BCUT2D eigenvalue weighted by molar-refractivity contribution is 0.0925. The third-order valence-corrected chi connectivity index (χ3v) is 5.43. The molecule has 0 radical (unpaired) electrons. The first-order valence-corrected chi connectivity index (χ1v) is 9.38. The van der Waals surface area contributed by atoms with Gasteiger partial charge in [-0.05, 0) is 40.0 Å². The number of nitrogens with zero attached hydrogens (tertiary/aromatic N) is 3. The second-order valence-corrected chi connectivity index (χ2v) is 7.35. The quantitative estimate of drug-likeness (QED) is 0.827. The Bertz CT molecular complexity index is 844. The highest BCUT2D eigenvalue weighted by atomic mass is 16.3. The molecule has 7 heteroatoms. The minimum atomic E-state index is -0.272. The Labute approximate surface area is 153 Å². The predicted octanol–water partition coefficient (Wildman–Crippen LogP) is 2.22. The number of carbonyl (C=O) groups excluding carboxylic acids is 1. The van der Waals surface area contributed by atoms with Gasteiger partial charge in [0.15, 0.2) is 0 Å². The molecule has 0 aromatic carbocycles. The van der Waals surface area contributed by atoms with Crippen molar-refractivity contribution >= 4 is 17.0 Å². The van der Waals surface area contributed by atoms with Crippen molar-refractivity contribution in [3.05, 3.63) is 28.0 Å². The van der Waals surface area contributed by atoms with Gasteiger partial charge in [-0.15, -0.1) is 0 Å². The maximum atomic E-state index is 12.6. The minimum absolute atomic E-state index is 0.215. The molecule has 2 aromatic heterocycles. The van der Waals surface area contributed by atoms with E-state index in [0.717, 1.165) is 13.0 Å². The van der Waals surface area contributed by atoms with Crippen molar-refractivity contribution in [1.82, 2.24) is 19.8 Å². The van der Waals surface area contributed by atoms with Crippen LogP contribution < -0.4 is 10.9 Å². The predicted molar refractivity (Wildman–Crippen MR) is 100 cm³/mol. The van der Waals surface area contributed by atoms with Crippen LogP contribution in [0.1, 0.15) is 55.6 Å². The van der Waals surface area contributed by atoms with Gasteiger partial charge in [-0.2, -0.15) is 0 Å². The van der Waals surface area contributed by atoms with E-state index in [1.807, 2.05) is 0 Å². The molecular formula is C19H28N4O3. The van der Waals surface area contributed by atoms with E-state index in [-0.39, 0.29) is 22.6 Å². The molecule has 0 spiro atoms. The van der Waals surface area contributed by atoms with E-state index < -0.39 is 0 Å². The van der Waals surface area contributed by atoms with E-state index in [9.17, 15) is 9.59 Å². The van der Waals surface area contributed by atoms with Gasteiger partial charge in [-0.1, -0.05) is 6.42 Å². The highest BCUT2D eigenvalue weighted by molar-refractivity contribution is 6.06. The summed E-state index contributed by atoms with van der Waals surface area (Å²) in [6.07, 6.45) is 6.06. The molecule has 2 atom stereocenters. The highest BCUT2D eigenvalue weighted by Crippen LogP contribution is 2.23. The summed E-state index contributed by atoms with van der Waals surface area (Å²) in [6, 6.07) is 1.20. The first-order valence-electron chi connectivity index (χ1n) is 9.38. The smallest absolute Gasteiger partial charge is 0.265 e. The molecule has 26 heavy (non-hydrogen) atoms. The maximum absolute atomic E-state index is 12.6. The zero-order chi connectivity index (χ0) is 18.8. The Morgan fingerprint density at radius 2 is 2.04 bits per heavy atom. The van der Waals surface area contributed by atoms with Crippen LogP contribution in [-0.2, 0) is 7.05 Å². The lowest BCUT2D eigenvalue weighted by atomic mass is 9.97. The van der Waals surface area contributed by atoms with E-state index >= 15 is 0 Å². The molecule has 0 saturated carbocycles. The molecule has 1 aliphatic rings. The van der Waals surface area contributed by atoms with Gasteiger partial charge in [0.25, 0.3) is 11.5 Å². The molecule has 0 aliphatic carbocycles. The Morgan fingerprint density at radius 3 is 2.73 bits per heavy atom. The number of hydrogen-bond acceptors (Lipinski definition) is 5. The summed E-state index contributed by atoms with van der Waals surface area (Å²) >= 11 is 0. The molecule has 1 amide bonds. The van der Waals surface area contributed by atoms with Crippen LogP contribution in [0.3, 0.4) is 0 Å². The van der Waals surface area contributed by atoms with Crippen molar-refractivity contribution in [3.8, 4) is 0 Å². The van der Waals surface area contributed by atoms with E-state index in [1.165, 1.54) is 30.2 Å². The zero-order valence-electron chi connectivity index (χ0n) is 16.0. The van der Waals surface area contributed by atoms with Crippen LogP contribution >= 0.6 is 0 Å². The van der Waals surface area contributed by atoms with Crippen molar-refractivity contribution in [2.45, 2.75) is 58.5 Å². The molecule has 1 saturated heterocycles. The molecule has 2 aromatic rings. The Hall–Kier alpha value is -2.15. The SMILES string of the molecule is Cc1oc2ncn(C)c(=O)c2c1C(=O)NCCCN1C(C)CCCC1C. The Kier molecular flexibility index (Phi) is 5.46. The van der Waals surface area contributed by atoms with Crippen molar-refractivity contribution in [1.29, 1.82) is 0 Å². The van der Waals surface area contributed by atoms with Crippen LogP contribution in [0.4, 0.5) is 0 Å². The van der Waals surface area contributed by atoms with Crippen LogP contribution in [0.5, 0.6) is 0 Å². The molecule has 2 unspecified atom stereocenters. The molecule has 7 nitrogen and oxygen atoms in total. The molecule has 3 rings (SSSR count). The number of likely N-dealkylation sites (tertiary alicyclic amines) is 1. The summed E-state index contributed by atoms with van der Waals surface area (Å²) < 4.78 is 6.85. The zero-order valence-corrected chi connectivity index (χ0v) is 16.0. The molecule has 142 valence electrons. The van der Waals surface area contributed by atoms with Gasteiger partial charge in [0.05, 0.1) is 5.56 Å². The largest absolute Gasteiger partial charge is 0.442 e. The number of furan rings is 1. The first kappa shape index (κ1) is 18.6. The normalized spacial score (nSPS) is 21.2. The van der Waals surface area contributed by atoms with Gasteiger partial charge in [-0.3, -0.25) is 14.5 Å². The van der Waals surface area contributed by atoms with Crippen molar-refractivity contribution in [2.75, 3.05) is 13.1 Å². The standard InChI is InChI=1S/C19H28N4O3/c1-12-7-5-8-13(2)23(12)10-6-9-20-17(24)15-14(3)26-18-16(15)19(25)22(4)11-21-18/h11-13H,5-10H2,1-4H3,(H,20,24). The van der Waals surface area contributed by atoms with Gasteiger partial charge < -0.3 is 14.3 Å². The average molecular weight is 360 g/mol. The molecule has 0 bridgehead atoms. The lowest BCUT2D eigenvalue weighted by Crippen LogP contribution is -2.44. The first-order chi connectivity index (χ1) is 12.4. The van der Waals surface area contributed by atoms with Gasteiger partial charge >= 0.3 is 0 Å². The number of piperidine rings is 1. The second kappa shape index (κ2) is 7.61. The molecule has 3 heterocycles. The number of amides is 1. The van der Waals surface area contributed by atoms with Crippen molar-refractivity contribution < 1.29 is 9.21 Å². The lowest BCUT2D eigenvalue weighted by Gasteiger charge is -2.39. The number of fused-ring (bicyclic) bond motifs is 1. The van der Waals surface area contributed by atoms with Crippen molar-refractivity contribution in [3.63, 3.8) is 0 Å². The van der Waals surface area contributed by atoms with Gasteiger partial charge in [0, 0.05) is 32.2 Å². The number of aromatic nitrogens is 2. The van der Waals surface area contributed by atoms with Crippen molar-refractivity contribution in [2.24, 2.45) is 7.05 Å². The van der Waals surface area contributed by atoms with Crippen LogP contribution in [0.15, 0.2) is 15.5 Å². The summed E-state index contributed by atoms with van der Waals surface area (Å²) in [5.74, 6) is 0.151. The van der Waals surface area contributed by atoms with E-state index in [0.29, 0.717) is 30.0 Å². The summed E-state index contributed by atoms with van der Waals surface area (Å²) in [4.78, 5) is 31.6. The monoisotopic (exact) mass is 360 g/mol. The third-order valence-electron chi connectivity index (χ3n) is 5.43. The number of hydrogen-bond donors (Lipinski definition) is 1. The Balaban J connectivity index is 1.64. The van der Waals surface area contributed by atoms with Gasteiger partial charge in [0.2, 0.25) is 5.71 Å². The summed E-state index contributed by atoms with van der Waals surface area (Å²) in [6.45, 7) is 7.78. The van der Waals surface area contributed by atoms with Gasteiger partial charge in [-0.25, -0.2) is 4.98 Å². The fraction of sp³-hybridized carbons (Fsp3) is 0.632. The highest BCUT2D eigenvalue weighted by Gasteiger charge is 2.25. The molecule has 1 aliphatic heterocycles. The topological polar surface area (TPSA) is 80.4 Å². The van der Waals surface area contributed by atoms with Crippen LogP contribution in [0, 0.1) is 6.92 Å². The Morgan fingerprint density at radius 1 is 1.35 bits per heavy atom. The fourth-order valence-electron chi connectivity index (χ4n) is 3.93. The summed E-state index contributed by atoms with van der Waals surface area (Å²) in [5.41, 5.74) is 0.244. The number of nitrogens with one attached hydrogen (secondary N) is 1. The molecule has 1 N–H and O–H groups in total. The summed E-state index contributed by atoms with van der Waals surface area (Å²) in [7, 11) is 1.61. The number of aryl methyl sites for hydroxylation is 2. The molecule has 1 fully saturated rings. The fourth-order valence-corrected chi connectivity index (χ4v) is 3.93. The van der Waals surface area contributed by atoms with Crippen LogP contribution in [-0.4, -0.2) is 45.5 Å². The maximum Gasteiger partial charge on any atom is 0.265 e. The summed E-state index contributed by atoms with van der Waals surface area (Å²) in [5, 5.41) is 3.19. The molecular weight excluding hydrogens is 332 g/mol. The average Bonchev–Trinajstić information content (AvgIpc) is 2.94. The van der Waals surface area contributed by atoms with E-state index in [2.05, 4.69) is 29.0 Å². The second-order valence-electron chi connectivity index (χ2n) is 7.35.